The highest BCUT2D eigenvalue weighted by Crippen LogP contribution is 2.38. The van der Waals surface area contributed by atoms with Crippen LogP contribution in [-0.4, -0.2) is 23.1 Å². The first-order valence-electron chi connectivity index (χ1n) is 6.76. The van der Waals surface area contributed by atoms with Crippen LogP contribution in [0.4, 0.5) is 0 Å². The molecule has 4 heteroatoms. The van der Waals surface area contributed by atoms with Crippen LogP contribution in [0.3, 0.4) is 0 Å². The number of benzene rings is 1. The van der Waals surface area contributed by atoms with Crippen LogP contribution in [0.15, 0.2) is 34.7 Å². The number of carbonyl (C=O) groups is 2. The van der Waals surface area contributed by atoms with E-state index in [-0.39, 0.29) is 5.91 Å². The molecule has 0 bridgehead atoms. The van der Waals surface area contributed by atoms with Gasteiger partial charge in [0.2, 0.25) is 0 Å². The quantitative estimate of drug-likeness (QED) is 0.803. The van der Waals surface area contributed by atoms with Crippen molar-refractivity contribution in [2.45, 2.75) is 25.4 Å². The zero-order valence-electron chi connectivity index (χ0n) is 10.8. The molecule has 1 saturated carbocycles. The molecule has 1 aliphatic carbocycles. The summed E-state index contributed by atoms with van der Waals surface area (Å²) in [5.74, 6) is 1.07. The standard InChI is InChI=1S/C16H13NO3/c18-9-11-6-7-15(20-11)12-2-1-3-13-14(12)8-17(16(13)19)10-4-5-10/h1-3,6-7,9-10H,4-5,8H2. The smallest absolute Gasteiger partial charge is 0.254 e. The van der Waals surface area contributed by atoms with E-state index >= 15 is 0 Å². The number of amides is 1. The third-order valence-corrected chi connectivity index (χ3v) is 3.99. The van der Waals surface area contributed by atoms with Crippen molar-refractivity contribution >= 4 is 12.2 Å². The highest BCUT2D eigenvalue weighted by Gasteiger charge is 2.39. The number of hydrogen-bond donors (Lipinski definition) is 0. The van der Waals surface area contributed by atoms with Gasteiger partial charge in [0.1, 0.15) is 5.76 Å². The fourth-order valence-electron chi connectivity index (χ4n) is 2.83. The number of fused-ring (bicyclic) bond motifs is 1. The Morgan fingerprint density at radius 1 is 1.15 bits per heavy atom. The fourth-order valence-corrected chi connectivity index (χ4v) is 2.83. The maximum Gasteiger partial charge on any atom is 0.254 e. The molecule has 100 valence electrons. The lowest BCUT2D eigenvalue weighted by Gasteiger charge is -2.13. The molecule has 1 aromatic carbocycles. The number of aldehydes is 1. The van der Waals surface area contributed by atoms with Crippen molar-refractivity contribution in [3.63, 3.8) is 0 Å². The van der Waals surface area contributed by atoms with Gasteiger partial charge in [-0.15, -0.1) is 0 Å². The summed E-state index contributed by atoms with van der Waals surface area (Å²) in [6, 6.07) is 9.51. The number of rotatable bonds is 3. The lowest BCUT2D eigenvalue weighted by Crippen LogP contribution is -2.25. The van der Waals surface area contributed by atoms with Crippen molar-refractivity contribution in [2.24, 2.45) is 0 Å². The maximum absolute atomic E-state index is 12.4. The Hall–Kier alpha value is -2.36. The number of carbonyl (C=O) groups excluding carboxylic acids is 2. The van der Waals surface area contributed by atoms with E-state index in [1.807, 2.05) is 23.1 Å². The largest absolute Gasteiger partial charge is 0.453 e. The van der Waals surface area contributed by atoms with Crippen LogP contribution >= 0.6 is 0 Å². The van der Waals surface area contributed by atoms with Crippen LogP contribution < -0.4 is 0 Å². The molecule has 1 fully saturated rings. The molecule has 0 saturated heterocycles. The average Bonchev–Trinajstić information content (AvgIpc) is 3.10. The van der Waals surface area contributed by atoms with Gasteiger partial charge in [0.05, 0.1) is 0 Å². The van der Waals surface area contributed by atoms with E-state index in [1.165, 1.54) is 0 Å². The maximum atomic E-state index is 12.4. The van der Waals surface area contributed by atoms with Crippen LogP contribution in [0, 0.1) is 0 Å². The predicted octanol–water partition coefficient (Wildman–Crippen LogP) is 2.88. The van der Waals surface area contributed by atoms with Crippen molar-refractivity contribution in [2.75, 3.05) is 0 Å². The highest BCUT2D eigenvalue weighted by atomic mass is 16.3. The number of nitrogens with zero attached hydrogens (tertiary/aromatic N) is 1. The van der Waals surface area contributed by atoms with Gasteiger partial charge in [-0.05, 0) is 36.6 Å². The number of hydrogen-bond acceptors (Lipinski definition) is 3. The van der Waals surface area contributed by atoms with Crippen molar-refractivity contribution < 1.29 is 14.0 Å². The third kappa shape index (κ3) is 1.61. The molecule has 4 rings (SSSR count). The van der Waals surface area contributed by atoms with Crippen LogP contribution in [0.1, 0.15) is 39.3 Å². The summed E-state index contributed by atoms with van der Waals surface area (Å²) in [6.45, 7) is 0.645. The molecule has 2 heterocycles. The van der Waals surface area contributed by atoms with Crippen molar-refractivity contribution in [1.82, 2.24) is 4.90 Å². The second-order valence-corrected chi connectivity index (χ2v) is 5.32. The van der Waals surface area contributed by atoms with Gasteiger partial charge >= 0.3 is 0 Å². The molecule has 0 spiro atoms. The van der Waals surface area contributed by atoms with Gasteiger partial charge in [-0.25, -0.2) is 0 Å². The highest BCUT2D eigenvalue weighted by molar-refractivity contribution is 6.00. The lowest BCUT2D eigenvalue weighted by molar-refractivity contribution is 0.0766. The first-order chi connectivity index (χ1) is 9.78. The zero-order valence-corrected chi connectivity index (χ0v) is 10.8. The Kier molecular flexibility index (Phi) is 2.33. The lowest BCUT2D eigenvalue weighted by atomic mass is 10.0. The summed E-state index contributed by atoms with van der Waals surface area (Å²) < 4.78 is 5.49. The summed E-state index contributed by atoms with van der Waals surface area (Å²) in [7, 11) is 0. The van der Waals surface area contributed by atoms with E-state index < -0.39 is 0 Å². The van der Waals surface area contributed by atoms with Gasteiger partial charge in [0, 0.05) is 23.7 Å². The molecule has 20 heavy (non-hydrogen) atoms. The molecule has 0 radical (unpaired) electrons. The van der Waals surface area contributed by atoms with Gasteiger partial charge < -0.3 is 9.32 Å². The Morgan fingerprint density at radius 3 is 2.65 bits per heavy atom. The zero-order chi connectivity index (χ0) is 13.7. The summed E-state index contributed by atoms with van der Waals surface area (Å²) in [4.78, 5) is 25.0. The van der Waals surface area contributed by atoms with Crippen LogP contribution in [0.5, 0.6) is 0 Å². The Morgan fingerprint density at radius 2 is 1.95 bits per heavy atom. The first-order valence-corrected chi connectivity index (χ1v) is 6.76. The second-order valence-electron chi connectivity index (χ2n) is 5.32. The van der Waals surface area contributed by atoms with Gasteiger partial charge in [-0.3, -0.25) is 9.59 Å². The average molecular weight is 267 g/mol. The molecule has 2 aliphatic rings. The van der Waals surface area contributed by atoms with E-state index in [2.05, 4.69) is 0 Å². The molecular weight excluding hydrogens is 254 g/mol. The molecule has 0 N–H and O–H groups in total. The van der Waals surface area contributed by atoms with Crippen LogP contribution in [0.2, 0.25) is 0 Å². The van der Waals surface area contributed by atoms with Gasteiger partial charge in [0.15, 0.2) is 12.0 Å². The van der Waals surface area contributed by atoms with Gasteiger partial charge in [0.25, 0.3) is 5.91 Å². The molecule has 1 amide bonds. The van der Waals surface area contributed by atoms with Gasteiger partial charge in [-0.2, -0.15) is 0 Å². The molecular formula is C16H13NO3. The van der Waals surface area contributed by atoms with E-state index in [4.69, 9.17) is 4.42 Å². The third-order valence-electron chi connectivity index (χ3n) is 3.99. The molecule has 4 nitrogen and oxygen atoms in total. The molecule has 2 aromatic rings. The van der Waals surface area contributed by atoms with Crippen LogP contribution in [0.25, 0.3) is 11.3 Å². The monoisotopic (exact) mass is 267 g/mol. The van der Waals surface area contributed by atoms with E-state index in [0.717, 1.165) is 29.5 Å². The Labute approximate surface area is 116 Å². The molecule has 1 aliphatic heterocycles. The second kappa shape index (κ2) is 4.07. The van der Waals surface area contributed by atoms with Crippen molar-refractivity contribution in [1.29, 1.82) is 0 Å². The van der Waals surface area contributed by atoms with Gasteiger partial charge in [-0.1, -0.05) is 12.1 Å². The topological polar surface area (TPSA) is 50.5 Å². The van der Waals surface area contributed by atoms with Crippen molar-refractivity contribution in [3.8, 4) is 11.3 Å². The molecule has 0 atom stereocenters. The Balaban J connectivity index is 1.80. The minimum atomic E-state index is 0.117. The predicted molar refractivity (Wildman–Crippen MR) is 72.4 cm³/mol. The minimum Gasteiger partial charge on any atom is -0.453 e. The van der Waals surface area contributed by atoms with Crippen LogP contribution in [-0.2, 0) is 6.54 Å². The number of furan rings is 1. The molecule has 1 aromatic heterocycles. The van der Waals surface area contributed by atoms with E-state index in [0.29, 0.717) is 30.4 Å². The fraction of sp³-hybridized carbons (Fsp3) is 0.250. The summed E-state index contributed by atoms with van der Waals surface area (Å²) in [5, 5.41) is 0. The SMILES string of the molecule is O=Cc1ccc(-c2cccc3c2CN(C2CC2)C3=O)o1. The first kappa shape index (κ1) is 11.5. The van der Waals surface area contributed by atoms with E-state index in [1.54, 1.807) is 12.1 Å². The Bertz CT molecular complexity index is 712. The van der Waals surface area contributed by atoms with E-state index in [9.17, 15) is 9.59 Å². The molecule has 0 unspecified atom stereocenters. The summed E-state index contributed by atoms with van der Waals surface area (Å²) in [5.41, 5.74) is 2.68. The minimum absolute atomic E-state index is 0.117. The van der Waals surface area contributed by atoms with Crippen molar-refractivity contribution in [3.05, 3.63) is 47.2 Å². The normalized spacial score (nSPS) is 17.4. The summed E-state index contributed by atoms with van der Waals surface area (Å²) in [6.07, 6.45) is 2.89. The summed E-state index contributed by atoms with van der Waals surface area (Å²) >= 11 is 0.